The molecule has 0 aliphatic carbocycles. The quantitative estimate of drug-likeness (QED) is 0.692. The van der Waals surface area contributed by atoms with Crippen LogP contribution in [0.5, 0.6) is 0 Å². The first-order valence-corrected chi connectivity index (χ1v) is 8.87. The molecule has 2 aromatic rings. The molecular formula is C21H22F3NO3. The molecular weight excluding hydrogens is 371 g/mol. The second kappa shape index (κ2) is 9.92. The summed E-state index contributed by atoms with van der Waals surface area (Å²) in [5.74, 6) is -1.11. The Morgan fingerprint density at radius 3 is 2.36 bits per heavy atom. The van der Waals surface area contributed by atoms with Gasteiger partial charge in [0.05, 0.1) is 19.1 Å². The number of carbonyl (C=O) groups excluding carboxylic acids is 2. The first kappa shape index (κ1) is 21.5. The molecule has 0 heterocycles. The van der Waals surface area contributed by atoms with E-state index in [9.17, 15) is 22.8 Å². The highest BCUT2D eigenvalue weighted by atomic mass is 19.4. The smallest absolute Gasteiger partial charge is 0.416 e. The summed E-state index contributed by atoms with van der Waals surface area (Å²) in [7, 11) is 1.23. The van der Waals surface area contributed by atoms with E-state index in [1.807, 2.05) is 30.3 Å². The average Bonchev–Trinajstić information content (AvgIpc) is 2.67. The average molecular weight is 393 g/mol. The van der Waals surface area contributed by atoms with Crippen molar-refractivity contribution in [3.05, 3.63) is 71.3 Å². The number of aryl methyl sites for hydroxylation is 1. The molecule has 1 amide bonds. The third kappa shape index (κ3) is 6.72. The van der Waals surface area contributed by atoms with Crippen LogP contribution in [0.2, 0.25) is 0 Å². The van der Waals surface area contributed by atoms with Crippen molar-refractivity contribution in [2.45, 2.75) is 37.9 Å². The molecule has 0 saturated heterocycles. The van der Waals surface area contributed by atoms with Crippen molar-refractivity contribution < 1.29 is 27.5 Å². The van der Waals surface area contributed by atoms with Gasteiger partial charge >= 0.3 is 12.1 Å². The topological polar surface area (TPSA) is 55.4 Å². The highest BCUT2D eigenvalue weighted by molar-refractivity contribution is 5.85. The lowest BCUT2D eigenvalue weighted by Gasteiger charge is -2.17. The Morgan fingerprint density at radius 2 is 1.71 bits per heavy atom. The Balaban J connectivity index is 1.94. The molecule has 0 aliphatic rings. The maximum Gasteiger partial charge on any atom is 0.416 e. The van der Waals surface area contributed by atoms with Crippen molar-refractivity contribution in [3.63, 3.8) is 0 Å². The van der Waals surface area contributed by atoms with Crippen molar-refractivity contribution in [2.24, 2.45) is 0 Å². The van der Waals surface area contributed by atoms with Gasteiger partial charge in [0, 0.05) is 0 Å². The summed E-state index contributed by atoms with van der Waals surface area (Å²) in [5, 5.41) is 2.57. The lowest BCUT2D eigenvalue weighted by molar-refractivity contribution is -0.145. The Hall–Kier alpha value is -2.83. The molecule has 0 bridgehead atoms. The molecule has 0 aromatic heterocycles. The van der Waals surface area contributed by atoms with Gasteiger partial charge in [-0.15, -0.1) is 0 Å². The molecule has 0 saturated carbocycles. The number of nitrogens with one attached hydrogen (secondary N) is 1. The van der Waals surface area contributed by atoms with Crippen molar-refractivity contribution in [2.75, 3.05) is 7.11 Å². The summed E-state index contributed by atoms with van der Waals surface area (Å²) in [5.41, 5.74) is 0.520. The van der Waals surface area contributed by atoms with Gasteiger partial charge in [0.2, 0.25) is 5.91 Å². The number of amides is 1. The summed E-state index contributed by atoms with van der Waals surface area (Å²) in [6.07, 6.45) is -2.98. The minimum absolute atomic E-state index is 0.222. The molecule has 0 fully saturated rings. The fourth-order valence-corrected chi connectivity index (χ4v) is 2.83. The molecule has 1 N–H and O–H groups in total. The minimum atomic E-state index is -4.47. The first-order valence-electron chi connectivity index (χ1n) is 8.87. The highest BCUT2D eigenvalue weighted by Crippen LogP contribution is 2.29. The maximum absolute atomic E-state index is 12.8. The summed E-state index contributed by atoms with van der Waals surface area (Å²) in [4.78, 5) is 24.2. The summed E-state index contributed by atoms with van der Waals surface area (Å²) >= 11 is 0. The van der Waals surface area contributed by atoms with Crippen LogP contribution in [0.4, 0.5) is 13.2 Å². The van der Waals surface area contributed by atoms with Crippen LogP contribution in [0.15, 0.2) is 54.6 Å². The third-order valence-electron chi connectivity index (χ3n) is 4.24. The van der Waals surface area contributed by atoms with Crippen molar-refractivity contribution in [1.82, 2.24) is 5.32 Å². The molecule has 28 heavy (non-hydrogen) atoms. The fourth-order valence-electron chi connectivity index (χ4n) is 2.83. The number of hydrogen-bond donors (Lipinski definition) is 1. The van der Waals surface area contributed by atoms with Gasteiger partial charge in [-0.1, -0.05) is 48.5 Å². The van der Waals surface area contributed by atoms with E-state index in [-0.39, 0.29) is 12.0 Å². The number of alkyl halides is 3. The summed E-state index contributed by atoms with van der Waals surface area (Å²) in [6, 6.07) is 13.4. The van der Waals surface area contributed by atoms with Crippen LogP contribution in [0.3, 0.4) is 0 Å². The number of benzene rings is 2. The normalized spacial score (nSPS) is 12.3. The van der Waals surface area contributed by atoms with Gasteiger partial charge in [0.15, 0.2) is 0 Å². The van der Waals surface area contributed by atoms with Crippen LogP contribution in [0.25, 0.3) is 0 Å². The number of hydrogen-bond acceptors (Lipinski definition) is 3. The number of methoxy groups -OCH3 is 1. The zero-order valence-electron chi connectivity index (χ0n) is 15.5. The zero-order valence-corrected chi connectivity index (χ0v) is 15.5. The molecule has 2 rings (SSSR count). The number of esters is 1. The van der Waals surface area contributed by atoms with Gasteiger partial charge in [-0.2, -0.15) is 13.2 Å². The van der Waals surface area contributed by atoms with Gasteiger partial charge in [0.1, 0.15) is 6.04 Å². The van der Waals surface area contributed by atoms with Crippen LogP contribution in [0.1, 0.15) is 29.5 Å². The summed E-state index contributed by atoms with van der Waals surface area (Å²) < 4.78 is 43.1. The van der Waals surface area contributed by atoms with Crippen molar-refractivity contribution in [1.29, 1.82) is 0 Å². The molecule has 4 nitrogen and oxygen atoms in total. The molecule has 2 aromatic carbocycles. The minimum Gasteiger partial charge on any atom is -0.467 e. The second-order valence-corrected chi connectivity index (χ2v) is 6.40. The van der Waals surface area contributed by atoms with Crippen LogP contribution >= 0.6 is 0 Å². The number of carbonyl (C=O) groups is 2. The van der Waals surface area contributed by atoms with Gasteiger partial charge in [-0.25, -0.2) is 4.79 Å². The van der Waals surface area contributed by atoms with Crippen LogP contribution < -0.4 is 5.32 Å². The summed E-state index contributed by atoms with van der Waals surface area (Å²) in [6.45, 7) is 0. The van der Waals surface area contributed by atoms with Crippen molar-refractivity contribution in [3.8, 4) is 0 Å². The fraction of sp³-hybridized carbons (Fsp3) is 0.333. The van der Waals surface area contributed by atoms with Crippen LogP contribution in [-0.4, -0.2) is 25.0 Å². The standard InChI is InChI=1S/C21H22F3NO3/c1-28-20(27)18(12-6-9-15-7-3-2-4-8-15)25-19(26)14-16-10-5-11-17(13-16)21(22,23)24/h2-5,7-8,10-11,13,18H,6,9,12,14H2,1H3,(H,25,26)/t18-/m0/s1. The number of ether oxygens (including phenoxy) is 1. The van der Waals surface area contributed by atoms with Crippen molar-refractivity contribution >= 4 is 11.9 Å². The predicted octanol–water partition coefficient (Wildman–Crippen LogP) is 3.93. The lowest BCUT2D eigenvalue weighted by Crippen LogP contribution is -2.42. The molecule has 0 unspecified atom stereocenters. The van der Waals surface area contributed by atoms with E-state index in [2.05, 4.69) is 5.32 Å². The van der Waals surface area contributed by atoms with Crippen LogP contribution in [0, 0.1) is 0 Å². The van der Waals surface area contributed by atoms with E-state index in [1.54, 1.807) is 0 Å². The molecule has 0 radical (unpaired) electrons. The van der Waals surface area contributed by atoms with E-state index < -0.39 is 29.7 Å². The predicted molar refractivity (Wildman–Crippen MR) is 98.5 cm³/mol. The highest BCUT2D eigenvalue weighted by Gasteiger charge is 2.30. The van der Waals surface area contributed by atoms with Crippen LogP contribution in [-0.2, 0) is 33.3 Å². The van der Waals surface area contributed by atoms with E-state index in [4.69, 9.17) is 4.74 Å². The maximum atomic E-state index is 12.8. The molecule has 7 heteroatoms. The Kier molecular flexibility index (Phi) is 7.61. The monoisotopic (exact) mass is 393 g/mol. The van der Waals surface area contributed by atoms with E-state index in [0.29, 0.717) is 12.8 Å². The second-order valence-electron chi connectivity index (χ2n) is 6.40. The van der Waals surface area contributed by atoms with E-state index in [1.165, 1.54) is 19.2 Å². The third-order valence-corrected chi connectivity index (χ3v) is 4.24. The number of halogens is 3. The Labute approximate surface area is 161 Å². The first-order chi connectivity index (χ1) is 13.3. The largest absolute Gasteiger partial charge is 0.467 e. The van der Waals surface area contributed by atoms with Gasteiger partial charge in [-0.3, -0.25) is 4.79 Å². The van der Waals surface area contributed by atoms with E-state index in [0.717, 1.165) is 24.1 Å². The molecule has 150 valence electrons. The SMILES string of the molecule is COC(=O)[C@H](CCCc1ccccc1)NC(=O)Cc1cccc(C(F)(F)F)c1. The Bertz CT molecular complexity index is 791. The number of rotatable bonds is 8. The Morgan fingerprint density at radius 1 is 1.04 bits per heavy atom. The van der Waals surface area contributed by atoms with Gasteiger partial charge in [-0.05, 0) is 36.5 Å². The molecule has 0 aliphatic heterocycles. The zero-order chi connectivity index (χ0) is 20.6. The van der Waals surface area contributed by atoms with E-state index >= 15 is 0 Å². The lowest BCUT2D eigenvalue weighted by atomic mass is 10.0. The molecule has 1 atom stereocenters. The van der Waals surface area contributed by atoms with Gasteiger partial charge in [0.25, 0.3) is 0 Å². The van der Waals surface area contributed by atoms with Gasteiger partial charge < -0.3 is 10.1 Å². The molecule has 0 spiro atoms.